The summed E-state index contributed by atoms with van der Waals surface area (Å²) in [6, 6.07) is 3.69. The van der Waals surface area contributed by atoms with E-state index in [0.29, 0.717) is 5.56 Å². The van der Waals surface area contributed by atoms with Crippen molar-refractivity contribution < 1.29 is 13.9 Å². The lowest BCUT2D eigenvalue weighted by Gasteiger charge is -2.05. The monoisotopic (exact) mass is 296 g/mol. The zero-order chi connectivity index (χ0) is 14.7. The molecule has 7 heteroatoms. The van der Waals surface area contributed by atoms with Gasteiger partial charge >= 0.3 is 5.97 Å². The highest BCUT2D eigenvalue weighted by atomic mass is 35.5. The van der Waals surface area contributed by atoms with Gasteiger partial charge in [-0.2, -0.15) is 0 Å². The van der Waals surface area contributed by atoms with E-state index in [1.54, 1.807) is 6.92 Å². The number of aromatic nitrogens is 2. The third kappa shape index (κ3) is 2.85. The van der Waals surface area contributed by atoms with E-state index in [1.165, 1.54) is 12.1 Å². The van der Waals surface area contributed by atoms with Gasteiger partial charge in [-0.25, -0.2) is 14.2 Å². The van der Waals surface area contributed by atoms with E-state index in [0.717, 1.165) is 12.3 Å². The van der Waals surface area contributed by atoms with Crippen LogP contribution in [0.5, 0.6) is 0 Å². The maximum atomic E-state index is 13.0. The SMILES string of the molecule is CCOC(=O)c1cnc(-c2ccc(F)cc2Cl)[nH]c1=O. The molecule has 0 saturated carbocycles. The first kappa shape index (κ1) is 14.2. The second kappa shape index (κ2) is 5.83. The first-order valence-corrected chi connectivity index (χ1v) is 6.12. The predicted octanol–water partition coefficient (Wildman–Crippen LogP) is 2.41. The topological polar surface area (TPSA) is 72.0 Å². The Bertz CT molecular complexity index is 715. The van der Waals surface area contributed by atoms with Gasteiger partial charge in [0, 0.05) is 11.8 Å². The molecule has 20 heavy (non-hydrogen) atoms. The molecule has 0 aliphatic carbocycles. The number of hydrogen-bond acceptors (Lipinski definition) is 4. The third-order valence-electron chi connectivity index (χ3n) is 2.48. The quantitative estimate of drug-likeness (QED) is 0.883. The van der Waals surface area contributed by atoms with Crippen molar-refractivity contribution in [2.45, 2.75) is 6.92 Å². The Morgan fingerprint density at radius 1 is 1.50 bits per heavy atom. The van der Waals surface area contributed by atoms with Crippen LogP contribution in [0.15, 0.2) is 29.2 Å². The molecule has 1 heterocycles. The molecule has 0 aliphatic heterocycles. The molecule has 0 saturated heterocycles. The zero-order valence-electron chi connectivity index (χ0n) is 10.4. The molecule has 0 aliphatic rings. The van der Waals surface area contributed by atoms with Crippen molar-refractivity contribution in [1.29, 1.82) is 0 Å². The van der Waals surface area contributed by atoms with Gasteiger partial charge in [0.1, 0.15) is 17.2 Å². The molecule has 0 amide bonds. The highest BCUT2D eigenvalue weighted by molar-refractivity contribution is 6.33. The lowest BCUT2D eigenvalue weighted by atomic mass is 10.2. The molecule has 2 rings (SSSR count). The molecule has 1 aromatic carbocycles. The van der Waals surface area contributed by atoms with Gasteiger partial charge in [-0.1, -0.05) is 11.6 Å². The summed E-state index contributed by atoms with van der Waals surface area (Å²) in [5.74, 6) is -1.10. The van der Waals surface area contributed by atoms with Crippen molar-refractivity contribution in [1.82, 2.24) is 9.97 Å². The van der Waals surface area contributed by atoms with Gasteiger partial charge in [0.15, 0.2) is 0 Å². The summed E-state index contributed by atoms with van der Waals surface area (Å²) in [6.45, 7) is 1.79. The lowest BCUT2D eigenvalue weighted by molar-refractivity contribution is 0.0524. The molecule has 0 bridgehead atoms. The van der Waals surface area contributed by atoms with Crippen LogP contribution in [0, 0.1) is 5.82 Å². The summed E-state index contributed by atoms with van der Waals surface area (Å²) in [5, 5.41) is 0.108. The fourth-order valence-electron chi connectivity index (χ4n) is 1.57. The molecule has 0 unspecified atom stereocenters. The minimum atomic E-state index is -0.752. The van der Waals surface area contributed by atoms with Crippen molar-refractivity contribution >= 4 is 17.6 Å². The maximum absolute atomic E-state index is 13.0. The molecule has 0 fully saturated rings. The number of rotatable bonds is 3. The lowest BCUT2D eigenvalue weighted by Crippen LogP contribution is -2.21. The summed E-state index contributed by atoms with van der Waals surface area (Å²) in [6.07, 6.45) is 1.10. The van der Waals surface area contributed by atoms with Gasteiger partial charge in [0.25, 0.3) is 5.56 Å². The molecule has 0 atom stereocenters. The minimum Gasteiger partial charge on any atom is -0.462 e. The molecule has 0 spiro atoms. The Morgan fingerprint density at radius 2 is 2.25 bits per heavy atom. The number of nitrogens with zero attached hydrogens (tertiary/aromatic N) is 1. The first-order valence-electron chi connectivity index (χ1n) is 5.74. The summed E-state index contributed by atoms with van der Waals surface area (Å²) >= 11 is 5.87. The van der Waals surface area contributed by atoms with Crippen molar-refractivity contribution in [2.24, 2.45) is 0 Å². The average Bonchev–Trinajstić information content (AvgIpc) is 2.38. The van der Waals surface area contributed by atoms with Gasteiger partial charge < -0.3 is 9.72 Å². The number of ether oxygens (including phenoxy) is 1. The van der Waals surface area contributed by atoms with Gasteiger partial charge in [0.05, 0.1) is 11.6 Å². The number of nitrogens with one attached hydrogen (secondary N) is 1. The highest BCUT2D eigenvalue weighted by Gasteiger charge is 2.14. The Kier molecular flexibility index (Phi) is 4.14. The molecule has 0 radical (unpaired) electrons. The summed E-state index contributed by atoms with van der Waals surface area (Å²) < 4.78 is 17.7. The van der Waals surface area contributed by atoms with Gasteiger partial charge in [0.2, 0.25) is 0 Å². The van der Waals surface area contributed by atoms with Crippen LogP contribution in [0.3, 0.4) is 0 Å². The molecule has 1 aromatic heterocycles. The Morgan fingerprint density at radius 3 is 2.85 bits per heavy atom. The summed E-state index contributed by atoms with van der Waals surface area (Å²) in [5.41, 5.74) is -0.483. The van der Waals surface area contributed by atoms with Gasteiger partial charge in [-0.05, 0) is 25.1 Å². The number of carbonyl (C=O) groups excluding carboxylic acids is 1. The van der Waals surface area contributed by atoms with E-state index in [4.69, 9.17) is 16.3 Å². The van der Waals surface area contributed by atoms with Crippen LogP contribution in [0.25, 0.3) is 11.4 Å². The van der Waals surface area contributed by atoms with Gasteiger partial charge in [-0.15, -0.1) is 0 Å². The number of H-pyrrole nitrogens is 1. The fraction of sp³-hybridized carbons (Fsp3) is 0.154. The fourth-order valence-corrected chi connectivity index (χ4v) is 1.82. The van der Waals surface area contributed by atoms with Crippen LogP contribution >= 0.6 is 11.6 Å². The van der Waals surface area contributed by atoms with Crippen molar-refractivity contribution in [3.63, 3.8) is 0 Å². The molecular weight excluding hydrogens is 287 g/mol. The predicted molar refractivity (Wildman–Crippen MR) is 71.2 cm³/mol. The Labute approximate surface area is 118 Å². The number of esters is 1. The summed E-state index contributed by atoms with van der Waals surface area (Å²) in [4.78, 5) is 29.6. The van der Waals surface area contributed by atoms with E-state index in [9.17, 15) is 14.0 Å². The zero-order valence-corrected chi connectivity index (χ0v) is 11.2. The largest absolute Gasteiger partial charge is 0.462 e. The number of carbonyl (C=O) groups is 1. The van der Waals surface area contributed by atoms with E-state index < -0.39 is 17.3 Å². The average molecular weight is 297 g/mol. The standard InChI is InChI=1S/C13H10ClFN2O3/c1-2-20-13(19)9-6-16-11(17-12(9)18)8-4-3-7(15)5-10(8)14/h3-6H,2H2,1H3,(H,16,17,18). The number of benzene rings is 1. The van der Waals surface area contributed by atoms with E-state index in [1.807, 2.05) is 0 Å². The molecule has 104 valence electrons. The van der Waals surface area contributed by atoms with Gasteiger partial charge in [-0.3, -0.25) is 4.79 Å². The van der Waals surface area contributed by atoms with E-state index >= 15 is 0 Å². The normalized spacial score (nSPS) is 10.3. The number of aromatic amines is 1. The van der Waals surface area contributed by atoms with E-state index in [-0.39, 0.29) is 23.0 Å². The van der Waals surface area contributed by atoms with Crippen LogP contribution in [-0.2, 0) is 4.74 Å². The number of hydrogen-bond donors (Lipinski definition) is 1. The van der Waals surface area contributed by atoms with Crippen molar-refractivity contribution in [2.75, 3.05) is 6.61 Å². The van der Waals surface area contributed by atoms with Crippen LogP contribution < -0.4 is 5.56 Å². The second-order valence-corrected chi connectivity index (χ2v) is 4.23. The number of halogens is 2. The Balaban J connectivity index is 2.43. The van der Waals surface area contributed by atoms with Crippen LogP contribution in [0.1, 0.15) is 17.3 Å². The highest BCUT2D eigenvalue weighted by Crippen LogP contribution is 2.24. The van der Waals surface area contributed by atoms with Crippen LogP contribution in [0.4, 0.5) is 4.39 Å². The second-order valence-electron chi connectivity index (χ2n) is 3.82. The summed E-state index contributed by atoms with van der Waals surface area (Å²) in [7, 11) is 0. The van der Waals surface area contributed by atoms with Crippen molar-refractivity contribution in [3.05, 3.63) is 51.2 Å². The van der Waals surface area contributed by atoms with Crippen LogP contribution in [0.2, 0.25) is 5.02 Å². The molecular formula is C13H10ClFN2O3. The van der Waals surface area contributed by atoms with Crippen LogP contribution in [-0.4, -0.2) is 22.5 Å². The smallest absolute Gasteiger partial charge is 0.345 e. The first-order chi connectivity index (χ1) is 9.52. The van der Waals surface area contributed by atoms with Crippen molar-refractivity contribution in [3.8, 4) is 11.4 Å². The molecule has 2 aromatic rings. The maximum Gasteiger partial charge on any atom is 0.345 e. The van der Waals surface area contributed by atoms with E-state index in [2.05, 4.69) is 9.97 Å². The minimum absolute atomic E-state index is 0.108. The third-order valence-corrected chi connectivity index (χ3v) is 2.79. The molecule has 1 N–H and O–H groups in total. The molecule has 5 nitrogen and oxygen atoms in total. The Hall–Kier alpha value is -2.21.